The van der Waals surface area contributed by atoms with E-state index in [0.717, 1.165) is 12.2 Å². The molecule has 12 heteroatoms. The number of carboxylic acids is 1. The normalized spacial score (nSPS) is 18.2. The second-order valence-corrected chi connectivity index (χ2v) is 14.8. The molecular weight excluding hydrogens is 447 g/mol. The summed E-state index contributed by atoms with van der Waals surface area (Å²) in [5.41, 5.74) is -2.80. The van der Waals surface area contributed by atoms with E-state index < -0.39 is 43.5 Å². The van der Waals surface area contributed by atoms with E-state index in [4.69, 9.17) is 14.6 Å². The van der Waals surface area contributed by atoms with Crippen LogP contribution in [0, 0.1) is 0 Å². The van der Waals surface area contributed by atoms with Gasteiger partial charge in [0.2, 0.25) is 0 Å². The molecule has 1 aliphatic heterocycles. The van der Waals surface area contributed by atoms with E-state index in [9.17, 15) is 22.8 Å². The maximum atomic E-state index is 13.9. The monoisotopic (exact) mass is 479 g/mol. The number of hydrogen-bond donors (Lipinski definition) is 1. The topological polar surface area (TPSA) is 93.9 Å². The number of ether oxygens (including phenoxy) is 2. The number of aromatic nitrogens is 2. The van der Waals surface area contributed by atoms with E-state index >= 15 is 0 Å². The highest BCUT2D eigenvalue weighted by molar-refractivity contribution is 6.76. The Hall–Kier alpha value is -1.92. The molecule has 1 fully saturated rings. The summed E-state index contributed by atoms with van der Waals surface area (Å²) in [5, 5.41) is 12.7. The summed E-state index contributed by atoms with van der Waals surface area (Å²) in [6, 6.07) is 0.399. The second-order valence-electron chi connectivity index (χ2n) is 9.18. The van der Waals surface area contributed by atoms with Gasteiger partial charge in [0.05, 0.1) is 37.1 Å². The summed E-state index contributed by atoms with van der Waals surface area (Å²) >= 11 is 0. The van der Waals surface area contributed by atoms with Crippen molar-refractivity contribution < 1.29 is 32.5 Å². The SMILES string of the molecule is CC(OCCC(=O)O)[C@@H]1CCCN1c1cnn(COCC[Si](C)(C)C)c(=O)c1C(F)(F)F. The van der Waals surface area contributed by atoms with Crippen LogP contribution in [0.2, 0.25) is 25.7 Å². The van der Waals surface area contributed by atoms with Crippen LogP contribution < -0.4 is 10.5 Å². The van der Waals surface area contributed by atoms with E-state index in [-0.39, 0.29) is 25.4 Å². The quantitative estimate of drug-likeness (QED) is 0.384. The van der Waals surface area contributed by atoms with Gasteiger partial charge in [-0.25, -0.2) is 4.68 Å². The molecule has 0 aromatic carbocycles. The minimum absolute atomic E-state index is 0.0401. The minimum atomic E-state index is -4.87. The van der Waals surface area contributed by atoms with E-state index in [1.165, 1.54) is 4.90 Å². The summed E-state index contributed by atoms with van der Waals surface area (Å²) in [7, 11) is -1.38. The van der Waals surface area contributed by atoms with Crippen molar-refractivity contribution in [1.82, 2.24) is 9.78 Å². The molecule has 1 aromatic rings. The minimum Gasteiger partial charge on any atom is -0.481 e. The molecular formula is C20H32F3N3O5Si. The Kier molecular flexibility index (Phi) is 8.88. The van der Waals surface area contributed by atoms with Crippen LogP contribution in [0.3, 0.4) is 0 Å². The van der Waals surface area contributed by atoms with E-state index in [2.05, 4.69) is 24.7 Å². The number of alkyl halides is 3. The van der Waals surface area contributed by atoms with Gasteiger partial charge in [0, 0.05) is 21.2 Å². The molecule has 1 unspecified atom stereocenters. The van der Waals surface area contributed by atoms with Crippen LogP contribution in [0.1, 0.15) is 31.7 Å². The standard InChI is InChI=1S/C20H32F3N3O5Si/c1-14(31-9-7-17(27)28)15-6-5-8-25(15)16-12-24-26(13-30-10-11-32(2,3)4)19(29)18(16)20(21,22)23/h12,14-15H,5-11,13H2,1-4H3,(H,27,28)/t14?,15-/m0/s1. The molecule has 1 aromatic heterocycles. The number of halogens is 3. The molecule has 0 saturated carbocycles. The van der Waals surface area contributed by atoms with Gasteiger partial charge in [-0.3, -0.25) is 9.59 Å². The van der Waals surface area contributed by atoms with Crippen LogP contribution in [0.4, 0.5) is 18.9 Å². The number of anilines is 1. The number of carbonyl (C=O) groups is 1. The summed E-state index contributed by atoms with van der Waals surface area (Å²) in [6.07, 6.45) is -3.32. The number of aliphatic carboxylic acids is 1. The molecule has 0 radical (unpaired) electrons. The highest BCUT2D eigenvalue weighted by atomic mass is 28.3. The molecule has 0 aliphatic carbocycles. The molecule has 1 N–H and O–H groups in total. The maximum absolute atomic E-state index is 13.9. The second kappa shape index (κ2) is 10.8. The highest BCUT2D eigenvalue weighted by Crippen LogP contribution is 2.37. The third kappa shape index (κ3) is 7.31. The predicted octanol–water partition coefficient (Wildman–Crippen LogP) is 3.42. The van der Waals surface area contributed by atoms with Crippen molar-refractivity contribution in [2.75, 3.05) is 24.7 Å². The Morgan fingerprint density at radius 3 is 2.62 bits per heavy atom. The zero-order chi connectivity index (χ0) is 24.1. The number of rotatable bonds is 11. The number of carboxylic acid groups (broad SMARTS) is 1. The van der Waals surface area contributed by atoms with Crippen LogP contribution in [0.5, 0.6) is 0 Å². The Morgan fingerprint density at radius 2 is 2.03 bits per heavy atom. The van der Waals surface area contributed by atoms with Gasteiger partial charge in [-0.2, -0.15) is 18.3 Å². The smallest absolute Gasteiger partial charge is 0.423 e. The molecule has 1 saturated heterocycles. The largest absolute Gasteiger partial charge is 0.481 e. The van der Waals surface area contributed by atoms with Crippen LogP contribution in [0.15, 0.2) is 11.0 Å². The Balaban J connectivity index is 2.24. The summed E-state index contributed by atoms with van der Waals surface area (Å²) in [4.78, 5) is 24.9. The maximum Gasteiger partial charge on any atom is 0.423 e. The van der Waals surface area contributed by atoms with Crippen LogP contribution in [-0.2, 0) is 27.2 Å². The van der Waals surface area contributed by atoms with Gasteiger partial charge in [-0.1, -0.05) is 19.6 Å². The fourth-order valence-corrected chi connectivity index (χ4v) is 4.37. The van der Waals surface area contributed by atoms with E-state index in [0.29, 0.717) is 30.7 Å². The average Bonchev–Trinajstić information content (AvgIpc) is 3.13. The van der Waals surface area contributed by atoms with Gasteiger partial charge in [0.25, 0.3) is 5.56 Å². The lowest BCUT2D eigenvalue weighted by Gasteiger charge is -2.32. The Bertz CT molecular complexity index is 841. The van der Waals surface area contributed by atoms with Crippen LogP contribution >= 0.6 is 0 Å². The van der Waals surface area contributed by atoms with Crippen molar-refractivity contribution in [3.8, 4) is 0 Å². The number of hydrogen-bond acceptors (Lipinski definition) is 6. The van der Waals surface area contributed by atoms with Crippen molar-refractivity contribution in [2.24, 2.45) is 0 Å². The van der Waals surface area contributed by atoms with Gasteiger partial charge in [-0.05, 0) is 25.8 Å². The summed E-state index contributed by atoms with van der Waals surface area (Å²) < 4.78 is 53.4. The third-order valence-electron chi connectivity index (χ3n) is 5.36. The first-order chi connectivity index (χ1) is 14.8. The van der Waals surface area contributed by atoms with Gasteiger partial charge < -0.3 is 19.5 Å². The van der Waals surface area contributed by atoms with Gasteiger partial charge in [0.15, 0.2) is 0 Å². The molecule has 8 nitrogen and oxygen atoms in total. The van der Waals surface area contributed by atoms with Crippen molar-refractivity contribution >= 4 is 19.7 Å². The lowest BCUT2D eigenvalue weighted by atomic mass is 10.1. The molecule has 32 heavy (non-hydrogen) atoms. The van der Waals surface area contributed by atoms with Crippen molar-refractivity contribution in [3.05, 3.63) is 22.1 Å². The molecule has 0 spiro atoms. The van der Waals surface area contributed by atoms with Gasteiger partial charge in [0.1, 0.15) is 12.3 Å². The number of nitrogens with zero attached hydrogens (tertiary/aromatic N) is 3. The predicted molar refractivity (Wildman–Crippen MR) is 116 cm³/mol. The zero-order valence-corrected chi connectivity index (χ0v) is 19.9. The van der Waals surface area contributed by atoms with E-state index in [1.807, 2.05) is 0 Å². The summed E-state index contributed by atoms with van der Waals surface area (Å²) in [6.45, 7) is 8.43. The molecule has 2 atom stereocenters. The summed E-state index contributed by atoms with van der Waals surface area (Å²) in [5.74, 6) is -1.01. The van der Waals surface area contributed by atoms with Crippen molar-refractivity contribution in [2.45, 2.75) is 76.9 Å². The highest BCUT2D eigenvalue weighted by Gasteiger charge is 2.42. The molecule has 2 rings (SSSR count). The lowest BCUT2D eigenvalue weighted by molar-refractivity contribution is -0.140. The molecule has 1 aliphatic rings. The molecule has 0 amide bonds. The molecule has 182 valence electrons. The Morgan fingerprint density at radius 1 is 1.34 bits per heavy atom. The first-order valence-corrected chi connectivity index (χ1v) is 14.4. The van der Waals surface area contributed by atoms with Gasteiger partial charge in [-0.15, -0.1) is 0 Å². The zero-order valence-electron chi connectivity index (χ0n) is 18.9. The Labute approximate surface area is 186 Å². The first kappa shape index (κ1) is 26.3. The first-order valence-electron chi connectivity index (χ1n) is 10.7. The molecule has 0 bridgehead atoms. The van der Waals surface area contributed by atoms with Gasteiger partial charge >= 0.3 is 12.1 Å². The molecule has 2 heterocycles. The van der Waals surface area contributed by atoms with E-state index in [1.54, 1.807) is 6.92 Å². The average molecular weight is 480 g/mol. The fraction of sp³-hybridized carbons (Fsp3) is 0.750. The van der Waals surface area contributed by atoms with Crippen molar-refractivity contribution in [1.29, 1.82) is 0 Å². The van der Waals surface area contributed by atoms with Crippen LogP contribution in [-0.4, -0.2) is 60.8 Å². The lowest BCUT2D eigenvalue weighted by Crippen LogP contribution is -2.42. The van der Waals surface area contributed by atoms with Crippen molar-refractivity contribution in [3.63, 3.8) is 0 Å². The third-order valence-corrected chi connectivity index (χ3v) is 7.07. The fourth-order valence-electron chi connectivity index (χ4n) is 3.61. The van der Waals surface area contributed by atoms with Crippen LogP contribution in [0.25, 0.3) is 0 Å².